The fourth-order valence-corrected chi connectivity index (χ4v) is 1.05. The SMILES string of the molecule is C=C(C)C(=O)OC(CC)OP(=O)(O)O.[NaH]. The van der Waals surface area contributed by atoms with Crippen LogP contribution in [0.25, 0.3) is 0 Å². The van der Waals surface area contributed by atoms with E-state index in [4.69, 9.17) is 9.79 Å². The van der Waals surface area contributed by atoms with Crippen LogP contribution in [0.5, 0.6) is 0 Å². The summed E-state index contributed by atoms with van der Waals surface area (Å²) in [5.74, 6) is -0.745. The molecule has 0 aliphatic rings. The Hall–Kier alpha value is 0.320. The van der Waals surface area contributed by atoms with E-state index < -0.39 is 20.1 Å². The summed E-state index contributed by atoms with van der Waals surface area (Å²) in [6, 6.07) is 0. The van der Waals surface area contributed by atoms with Crippen LogP contribution in [-0.4, -0.2) is 51.6 Å². The molecule has 6 nitrogen and oxygen atoms in total. The standard InChI is InChI=1S/C7H13O6P.Na.H/c1-4-6(13-14(9,10)11)12-7(8)5(2)3;;/h6H,2,4H2,1,3H3,(H2,9,10,11);;. The van der Waals surface area contributed by atoms with Crippen LogP contribution in [-0.2, 0) is 18.6 Å². The Morgan fingerprint density at radius 2 is 2.00 bits per heavy atom. The molecule has 1 unspecified atom stereocenters. The fourth-order valence-electron chi connectivity index (χ4n) is 0.553. The van der Waals surface area contributed by atoms with Gasteiger partial charge in [0.25, 0.3) is 0 Å². The first-order chi connectivity index (χ1) is 6.26. The van der Waals surface area contributed by atoms with Gasteiger partial charge in [0.05, 0.1) is 0 Å². The van der Waals surface area contributed by atoms with E-state index in [-0.39, 0.29) is 41.6 Å². The first-order valence-corrected chi connectivity index (χ1v) is 5.39. The number of rotatable bonds is 5. The molecule has 0 spiro atoms. The third-order valence-corrected chi connectivity index (χ3v) is 1.68. The number of ether oxygens (including phenoxy) is 1. The quantitative estimate of drug-likeness (QED) is 0.239. The molecule has 1 atom stereocenters. The zero-order valence-corrected chi connectivity index (χ0v) is 8.86. The van der Waals surface area contributed by atoms with Gasteiger partial charge in [0.2, 0.25) is 6.29 Å². The molecule has 0 aromatic rings. The van der Waals surface area contributed by atoms with E-state index in [1.54, 1.807) is 6.92 Å². The maximum absolute atomic E-state index is 10.9. The summed E-state index contributed by atoms with van der Waals surface area (Å²) in [6.07, 6.45) is -1.11. The number of carbonyl (C=O) groups is 1. The van der Waals surface area contributed by atoms with Gasteiger partial charge in [0.1, 0.15) is 0 Å². The van der Waals surface area contributed by atoms with Crippen molar-refractivity contribution in [1.29, 1.82) is 0 Å². The average molecular weight is 248 g/mol. The Labute approximate surface area is 110 Å². The normalized spacial score (nSPS) is 12.5. The van der Waals surface area contributed by atoms with Crippen molar-refractivity contribution >= 4 is 43.3 Å². The van der Waals surface area contributed by atoms with Crippen LogP contribution in [0.1, 0.15) is 20.3 Å². The molecule has 0 fully saturated rings. The van der Waals surface area contributed by atoms with Crippen molar-refractivity contribution in [1.82, 2.24) is 0 Å². The number of carbonyl (C=O) groups excluding carboxylic acids is 1. The monoisotopic (exact) mass is 248 g/mol. The van der Waals surface area contributed by atoms with Gasteiger partial charge in [-0.3, -0.25) is 0 Å². The maximum atomic E-state index is 10.9. The van der Waals surface area contributed by atoms with Crippen molar-refractivity contribution in [3.05, 3.63) is 12.2 Å². The van der Waals surface area contributed by atoms with Crippen molar-refractivity contribution in [3.8, 4) is 0 Å². The molecule has 0 amide bonds. The third kappa shape index (κ3) is 9.26. The Bertz CT molecular complexity index is 273. The van der Waals surface area contributed by atoms with E-state index >= 15 is 0 Å². The van der Waals surface area contributed by atoms with Gasteiger partial charge in [0.15, 0.2) is 0 Å². The zero-order chi connectivity index (χ0) is 11.4. The molecule has 0 saturated heterocycles. The minimum atomic E-state index is -4.63. The molecule has 0 rings (SSSR count). The number of hydrogen-bond donors (Lipinski definition) is 2. The van der Waals surface area contributed by atoms with Crippen LogP contribution in [0.4, 0.5) is 0 Å². The Balaban J connectivity index is 0. The minimum absolute atomic E-state index is 0. The summed E-state index contributed by atoms with van der Waals surface area (Å²) in [5.41, 5.74) is 0.137. The Kier molecular flexibility index (Phi) is 8.94. The van der Waals surface area contributed by atoms with Gasteiger partial charge in [-0.05, 0) is 6.92 Å². The molecule has 0 radical (unpaired) electrons. The van der Waals surface area contributed by atoms with E-state index in [9.17, 15) is 9.36 Å². The molecule has 0 bridgehead atoms. The molecule has 0 aliphatic carbocycles. The van der Waals surface area contributed by atoms with Crippen molar-refractivity contribution in [3.63, 3.8) is 0 Å². The van der Waals surface area contributed by atoms with Crippen LogP contribution in [0.2, 0.25) is 0 Å². The average Bonchev–Trinajstić information content (AvgIpc) is 2.00. The number of esters is 1. The topological polar surface area (TPSA) is 93.1 Å². The van der Waals surface area contributed by atoms with E-state index in [0.717, 1.165) is 0 Å². The fraction of sp³-hybridized carbons (Fsp3) is 0.571. The van der Waals surface area contributed by atoms with Crippen molar-refractivity contribution < 1.29 is 28.4 Å². The van der Waals surface area contributed by atoms with Gasteiger partial charge in [0, 0.05) is 12.0 Å². The first-order valence-electron chi connectivity index (χ1n) is 3.86. The molecule has 8 heteroatoms. The molecule has 0 saturated carbocycles. The predicted octanol–water partition coefficient (Wildman–Crippen LogP) is 0.303. The molecular weight excluding hydrogens is 234 g/mol. The van der Waals surface area contributed by atoms with Gasteiger partial charge < -0.3 is 14.5 Å². The Morgan fingerprint density at radius 3 is 2.27 bits per heavy atom. The van der Waals surface area contributed by atoms with Crippen LogP contribution >= 0.6 is 7.82 Å². The van der Waals surface area contributed by atoms with Gasteiger partial charge in [-0.25, -0.2) is 13.9 Å². The van der Waals surface area contributed by atoms with Gasteiger partial charge in [-0.15, -0.1) is 0 Å². The summed E-state index contributed by atoms with van der Waals surface area (Å²) in [7, 11) is -4.63. The van der Waals surface area contributed by atoms with Crippen molar-refractivity contribution in [2.45, 2.75) is 26.6 Å². The predicted molar refractivity (Wildman–Crippen MR) is 55.3 cm³/mol. The summed E-state index contributed by atoms with van der Waals surface area (Å²) in [4.78, 5) is 27.8. The van der Waals surface area contributed by atoms with Crippen LogP contribution in [0.3, 0.4) is 0 Å². The summed E-state index contributed by atoms with van der Waals surface area (Å²) in [5, 5.41) is 0. The molecule has 0 heterocycles. The molecule has 84 valence electrons. The zero-order valence-electron chi connectivity index (χ0n) is 7.97. The molecule has 0 aromatic carbocycles. The second kappa shape index (κ2) is 7.57. The summed E-state index contributed by atoms with van der Waals surface area (Å²) < 4.78 is 19.2. The second-order valence-electron chi connectivity index (χ2n) is 2.62. The van der Waals surface area contributed by atoms with Crippen LogP contribution in [0, 0.1) is 0 Å². The molecule has 2 N–H and O–H groups in total. The number of phosphoric ester groups is 1. The van der Waals surface area contributed by atoms with E-state index in [1.165, 1.54) is 6.92 Å². The summed E-state index contributed by atoms with van der Waals surface area (Å²) >= 11 is 0. The van der Waals surface area contributed by atoms with Gasteiger partial charge in [-0.2, -0.15) is 0 Å². The third-order valence-electron chi connectivity index (χ3n) is 1.18. The van der Waals surface area contributed by atoms with Crippen LogP contribution in [0.15, 0.2) is 12.2 Å². The van der Waals surface area contributed by atoms with Crippen molar-refractivity contribution in [2.75, 3.05) is 0 Å². The van der Waals surface area contributed by atoms with E-state index in [0.29, 0.717) is 0 Å². The van der Waals surface area contributed by atoms with Gasteiger partial charge >= 0.3 is 43.3 Å². The molecule has 0 aromatic heterocycles. The second-order valence-corrected chi connectivity index (χ2v) is 3.81. The molecular formula is C7H14NaO6P. The van der Waals surface area contributed by atoms with E-state index in [1.807, 2.05) is 0 Å². The van der Waals surface area contributed by atoms with Gasteiger partial charge in [-0.1, -0.05) is 13.5 Å². The van der Waals surface area contributed by atoms with Crippen LogP contribution < -0.4 is 0 Å². The Morgan fingerprint density at radius 1 is 1.53 bits per heavy atom. The number of hydrogen-bond acceptors (Lipinski definition) is 4. The molecule has 0 aliphatic heterocycles. The number of phosphoric acid groups is 1. The first kappa shape index (κ1) is 17.7. The molecule has 15 heavy (non-hydrogen) atoms. The van der Waals surface area contributed by atoms with E-state index in [2.05, 4.69) is 15.8 Å². The van der Waals surface area contributed by atoms with Crippen molar-refractivity contribution in [2.24, 2.45) is 0 Å². The summed E-state index contributed by atoms with van der Waals surface area (Å²) in [6.45, 7) is 6.30.